The Balaban J connectivity index is 1.48. The Morgan fingerprint density at radius 3 is 2.65 bits per heavy atom. The predicted octanol–water partition coefficient (Wildman–Crippen LogP) is 3.73. The summed E-state index contributed by atoms with van der Waals surface area (Å²) in [5.41, 5.74) is 1.96. The molecule has 0 aliphatic carbocycles. The highest BCUT2D eigenvalue weighted by Gasteiger charge is 2.30. The number of hydrogen-bond donors (Lipinski definition) is 0. The summed E-state index contributed by atoms with van der Waals surface area (Å²) in [6, 6.07) is 11.1. The van der Waals surface area contributed by atoms with Gasteiger partial charge in [0, 0.05) is 41.6 Å². The zero-order chi connectivity index (χ0) is 21.7. The molecule has 0 N–H and O–H groups in total. The van der Waals surface area contributed by atoms with E-state index in [-0.39, 0.29) is 17.8 Å². The third-order valence-electron chi connectivity index (χ3n) is 5.71. The summed E-state index contributed by atoms with van der Waals surface area (Å²) in [6.45, 7) is 5.61. The van der Waals surface area contributed by atoms with Crippen molar-refractivity contribution in [3.63, 3.8) is 0 Å². The zero-order valence-corrected chi connectivity index (χ0v) is 17.8. The maximum absolute atomic E-state index is 13.2. The highest BCUT2D eigenvalue weighted by molar-refractivity contribution is 6.31. The van der Waals surface area contributed by atoms with E-state index in [1.165, 1.54) is 24.3 Å². The number of carbonyl (C=O) groups excluding carboxylic acids is 1. The fraction of sp³-hybridized carbons (Fsp3) is 0.273. The molecule has 7 nitrogen and oxygen atoms in total. The van der Waals surface area contributed by atoms with Gasteiger partial charge in [0.2, 0.25) is 5.95 Å². The lowest BCUT2D eigenvalue weighted by Gasteiger charge is -2.40. The summed E-state index contributed by atoms with van der Waals surface area (Å²) >= 11 is 6.19. The fourth-order valence-corrected chi connectivity index (χ4v) is 4.30. The zero-order valence-electron chi connectivity index (χ0n) is 17.1. The van der Waals surface area contributed by atoms with E-state index in [0.29, 0.717) is 30.2 Å². The third kappa shape index (κ3) is 3.37. The van der Waals surface area contributed by atoms with E-state index in [4.69, 9.17) is 16.6 Å². The minimum absolute atomic E-state index is 0.0602. The Morgan fingerprint density at radius 1 is 1.13 bits per heavy atom. The van der Waals surface area contributed by atoms with Gasteiger partial charge in [-0.2, -0.15) is 0 Å². The van der Waals surface area contributed by atoms with Crippen molar-refractivity contribution in [1.29, 1.82) is 0 Å². The van der Waals surface area contributed by atoms with Crippen LogP contribution in [0.1, 0.15) is 23.1 Å². The number of fused-ring (bicyclic) bond motifs is 3. The number of amides is 1. The molecule has 31 heavy (non-hydrogen) atoms. The molecule has 0 spiro atoms. The maximum Gasteiger partial charge on any atom is 0.254 e. The molecule has 5 rings (SSSR count). The van der Waals surface area contributed by atoms with Crippen LogP contribution in [0.2, 0.25) is 5.02 Å². The van der Waals surface area contributed by atoms with Crippen molar-refractivity contribution in [2.75, 3.05) is 24.5 Å². The first-order valence-electron chi connectivity index (χ1n) is 10.0. The molecule has 2 aromatic heterocycles. The van der Waals surface area contributed by atoms with E-state index >= 15 is 0 Å². The van der Waals surface area contributed by atoms with Crippen LogP contribution in [0.3, 0.4) is 0 Å². The number of carbonyl (C=O) groups is 1. The van der Waals surface area contributed by atoms with Gasteiger partial charge in [0.05, 0.1) is 5.52 Å². The Bertz CT molecular complexity index is 1310. The van der Waals surface area contributed by atoms with Crippen LogP contribution in [0, 0.1) is 12.7 Å². The molecule has 0 saturated carbocycles. The van der Waals surface area contributed by atoms with Gasteiger partial charge in [-0.05, 0) is 56.3 Å². The van der Waals surface area contributed by atoms with E-state index in [9.17, 15) is 9.18 Å². The normalized spacial score (nSPS) is 17.0. The van der Waals surface area contributed by atoms with Gasteiger partial charge in [-0.1, -0.05) is 11.6 Å². The molecule has 1 fully saturated rings. The standard InChI is InChI=1S/C22H20ClFN6O/c1-13-12-28(9-10-29(13)21(31)15-3-6-17(24)7-4-15)22-25-19-11-16(23)5-8-18(19)20-27-26-14(2)30(20)22/h3-8,11,13H,9-10,12H2,1-2H3. The summed E-state index contributed by atoms with van der Waals surface area (Å²) < 4.78 is 15.2. The van der Waals surface area contributed by atoms with E-state index in [2.05, 4.69) is 15.1 Å². The average molecular weight is 439 g/mol. The van der Waals surface area contributed by atoms with Gasteiger partial charge in [0.15, 0.2) is 5.65 Å². The number of anilines is 1. The van der Waals surface area contributed by atoms with Gasteiger partial charge in [-0.15, -0.1) is 10.2 Å². The minimum atomic E-state index is -0.356. The Hall–Kier alpha value is -3.26. The molecule has 1 amide bonds. The molecule has 1 atom stereocenters. The van der Waals surface area contributed by atoms with Crippen LogP contribution >= 0.6 is 11.6 Å². The number of rotatable bonds is 2. The number of aryl methyl sites for hydroxylation is 1. The lowest BCUT2D eigenvalue weighted by Crippen LogP contribution is -2.54. The number of piperazine rings is 1. The molecule has 1 saturated heterocycles. The molecule has 1 unspecified atom stereocenters. The fourth-order valence-electron chi connectivity index (χ4n) is 4.13. The van der Waals surface area contributed by atoms with E-state index < -0.39 is 0 Å². The Kier molecular flexibility index (Phi) is 4.74. The quantitative estimate of drug-likeness (QED) is 0.477. The molecular formula is C22H20ClFN6O. The predicted molar refractivity (Wildman–Crippen MR) is 117 cm³/mol. The van der Waals surface area contributed by atoms with Crippen LogP contribution in [0.4, 0.5) is 10.3 Å². The molecule has 4 aromatic rings. The van der Waals surface area contributed by atoms with Crippen molar-refractivity contribution in [1.82, 2.24) is 24.5 Å². The average Bonchev–Trinajstić information content (AvgIpc) is 3.15. The van der Waals surface area contributed by atoms with Crippen molar-refractivity contribution in [3.8, 4) is 0 Å². The summed E-state index contributed by atoms with van der Waals surface area (Å²) in [5, 5.41) is 10.1. The minimum Gasteiger partial charge on any atom is -0.338 e. The SMILES string of the molecule is Cc1nnc2c3ccc(Cl)cc3nc(N3CCN(C(=O)c4ccc(F)cc4)C(C)C3)n12. The number of benzene rings is 2. The van der Waals surface area contributed by atoms with Crippen molar-refractivity contribution in [2.24, 2.45) is 0 Å². The second kappa shape index (κ2) is 7.46. The molecule has 2 aromatic carbocycles. The Morgan fingerprint density at radius 2 is 1.90 bits per heavy atom. The lowest BCUT2D eigenvalue weighted by atomic mass is 10.1. The van der Waals surface area contributed by atoms with Crippen LogP contribution in [0.25, 0.3) is 16.6 Å². The molecule has 1 aliphatic heterocycles. The monoisotopic (exact) mass is 438 g/mol. The van der Waals surface area contributed by atoms with Crippen molar-refractivity contribution >= 4 is 40.0 Å². The highest BCUT2D eigenvalue weighted by atomic mass is 35.5. The molecule has 3 heterocycles. The van der Waals surface area contributed by atoms with E-state index in [0.717, 1.165) is 28.3 Å². The summed E-state index contributed by atoms with van der Waals surface area (Å²) in [5.74, 6) is 1.01. The number of hydrogen-bond acceptors (Lipinski definition) is 5. The maximum atomic E-state index is 13.2. The molecule has 0 bridgehead atoms. The van der Waals surface area contributed by atoms with Crippen molar-refractivity contribution in [2.45, 2.75) is 19.9 Å². The molecule has 158 valence electrons. The van der Waals surface area contributed by atoms with Gasteiger partial charge >= 0.3 is 0 Å². The van der Waals surface area contributed by atoms with Crippen LogP contribution in [0.5, 0.6) is 0 Å². The first kappa shape index (κ1) is 19.7. The number of aromatic nitrogens is 4. The molecule has 0 radical (unpaired) electrons. The first-order chi connectivity index (χ1) is 14.9. The summed E-state index contributed by atoms with van der Waals surface area (Å²) in [6.07, 6.45) is 0. The molecule has 9 heteroatoms. The number of halogens is 2. The molecular weight excluding hydrogens is 419 g/mol. The van der Waals surface area contributed by atoms with Crippen LogP contribution in [0.15, 0.2) is 42.5 Å². The van der Waals surface area contributed by atoms with Crippen LogP contribution in [-0.4, -0.2) is 56.1 Å². The van der Waals surface area contributed by atoms with E-state index in [1.807, 2.05) is 41.3 Å². The first-order valence-corrected chi connectivity index (χ1v) is 10.4. The van der Waals surface area contributed by atoms with E-state index in [1.54, 1.807) is 0 Å². The smallest absolute Gasteiger partial charge is 0.254 e. The largest absolute Gasteiger partial charge is 0.338 e. The van der Waals surface area contributed by atoms with Gasteiger partial charge < -0.3 is 9.80 Å². The highest BCUT2D eigenvalue weighted by Crippen LogP contribution is 2.27. The van der Waals surface area contributed by atoms with Gasteiger partial charge in [-0.3, -0.25) is 4.79 Å². The van der Waals surface area contributed by atoms with Crippen molar-refractivity contribution in [3.05, 3.63) is 64.7 Å². The van der Waals surface area contributed by atoms with Crippen LogP contribution < -0.4 is 4.90 Å². The third-order valence-corrected chi connectivity index (χ3v) is 5.94. The second-order valence-electron chi connectivity index (χ2n) is 7.78. The molecule has 1 aliphatic rings. The lowest BCUT2D eigenvalue weighted by molar-refractivity contribution is 0.0673. The number of nitrogens with zero attached hydrogens (tertiary/aromatic N) is 6. The summed E-state index contributed by atoms with van der Waals surface area (Å²) in [7, 11) is 0. The summed E-state index contributed by atoms with van der Waals surface area (Å²) in [4.78, 5) is 21.8. The van der Waals surface area contributed by atoms with Gasteiger partial charge in [-0.25, -0.2) is 13.8 Å². The van der Waals surface area contributed by atoms with Crippen molar-refractivity contribution < 1.29 is 9.18 Å². The van der Waals surface area contributed by atoms with Gasteiger partial charge in [0.1, 0.15) is 11.6 Å². The topological polar surface area (TPSA) is 66.6 Å². The van der Waals surface area contributed by atoms with Gasteiger partial charge in [0.25, 0.3) is 5.91 Å². The second-order valence-corrected chi connectivity index (χ2v) is 8.22. The van der Waals surface area contributed by atoms with Crippen LogP contribution in [-0.2, 0) is 0 Å². The Labute approximate surface area is 183 Å².